The molecule has 2 amide bonds. The maximum Gasteiger partial charge on any atom is 0.244 e. The van der Waals surface area contributed by atoms with E-state index in [-0.39, 0.29) is 29.7 Å². The Labute approximate surface area is 167 Å². The van der Waals surface area contributed by atoms with Crippen LogP contribution in [0.4, 0.5) is 5.69 Å². The number of fused-ring (bicyclic) bond motifs is 1. The number of hydrogen-bond donors (Lipinski definition) is 1. The van der Waals surface area contributed by atoms with Crippen LogP contribution in [0.5, 0.6) is 0 Å². The molecule has 0 bridgehead atoms. The van der Waals surface area contributed by atoms with Crippen LogP contribution in [0.15, 0.2) is 65.6 Å². The van der Waals surface area contributed by atoms with Crippen molar-refractivity contribution in [3.05, 3.63) is 71.0 Å². The van der Waals surface area contributed by atoms with Crippen molar-refractivity contribution in [1.82, 2.24) is 14.7 Å². The van der Waals surface area contributed by atoms with E-state index in [1.54, 1.807) is 27.8 Å². The molecule has 29 heavy (non-hydrogen) atoms. The van der Waals surface area contributed by atoms with Gasteiger partial charge in [-0.1, -0.05) is 30.3 Å². The molecule has 1 fully saturated rings. The molecule has 3 aromatic rings. The lowest BCUT2D eigenvalue weighted by Gasteiger charge is -2.32. The number of carbonyl (C=O) groups excluding carboxylic acids is 2. The number of rotatable bonds is 4. The Morgan fingerprint density at radius 2 is 1.83 bits per heavy atom. The normalized spacial score (nSPS) is 16.6. The van der Waals surface area contributed by atoms with Gasteiger partial charge in [0.2, 0.25) is 17.2 Å². The van der Waals surface area contributed by atoms with Crippen LogP contribution in [0.3, 0.4) is 0 Å². The zero-order valence-corrected chi connectivity index (χ0v) is 16.0. The standard InChI is InChI=1S/C22H22N4O3/c27-20-13-23-26(19-11-5-4-10-18(19)20)15-21(28)25-12-6-7-16(14-25)22(29)24-17-8-2-1-3-9-17/h1-5,8-11,13,16H,6-7,12,14-15H2,(H,24,29). The second-order valence-corrected chi connectivity index (χ2v) is 7.22. The molecule has 1 aromatic heterocycles. The largest absolute Gasteiger partial charge is 0.340 e. The van der Waals surface area contributed by atoms with Crippen molar-refractivity contribution in [2.45, 2.75) is 19.4 Å². The van der Waals surface area contributed by atoms with Gasteiger partial charge < -0.3 is 10.2 Å². The van der Waals surface area contributed by atoms with E-state index < -0.39 is 0 Å². The van der Waals surface area contributed by atoms with E-state index in [2.05, 4.69) is 10.4 Å². The van der Waals surface area contributed by atoms with Crippen LogP contribution >= 0.6 is 0 Å². The minimum absolute atomic E-state index is 0.0355. The van der Waals surface area contributed by atoms with Crippen molar-refractivity contribution < 1.29 is 9.59 Å². The second kappa shape index (κ2) is 8.26. The number of hydrogen-bond acceptors (Lipinski definition) is 4. The molecule has 7 heteroatoms. The van der Waals surface area contributed by atoms with Crippen LogP contribution < -0.4 is 10.7 Å². The lowest BCUT2D eigenvalue weighted by Crippen LogP contribution is -2.45. The molecule has 0 aliphatic carbocycles. The van der Waals surface area contributed by atoms with Crippen molar-refractivity contribution in [1.29, 1.82) is 0 Å². The van der Waals surface area contributed by atoms with Gasteiger partial charge in [-0.25, -0.2) is 0 Å². The molecule has 1 unspecified atom stereocenters. The molecular formula is C22H22N4O3. The van der Waals surface area contributed by atoms with Gasteiger partial charge in [0.15, 0.2) is 0 Å². The molecule has 1 aliphatic rings. The van der Waals surface area contributed by atoms with Crippen LogP contribution in [0.2, 0.25) is 0 Å². The minimum Gasteiger partial charge on any atom is -0.340 e. The Morgan fingerprint density at radius 3 is 2.66 bits per heavy atom. The highest BCUT2D eigenvalue weighted by Crippen LogP contribution is 2.19. The van der Waals surface area contributed by atoms with Gasteiger partial charge in [0.1, 0.15) is 6.54 Å². The predicted molar refractivity (Wildman–Crippen MR) is 110 cm³/mol. The maximum atomic E-state index is 12.9. The summed E-state index contributed by atoms with van der Waals surface area (Å²) in [5.74, 6) is -0.421. The molecule has 0 radical (unpaired) electrons. The van der Waals surface area contributed by atoms with E-state index in [0.29, 0.717) is 24.0 Å². The molecule has 148 valence electrons. The first-order valence-electron chi connectivity index (χ1n) is 9.70. The smallest absolute Gasteiger partial charge is 0.244 e. The maximum absolute atomic E-state index is 12.9. The summed E-state index contributed by atoms with van der Waals surface area (Å²) in [7, 11) is 0. The third-order valence-corrected chi connectivity index (χ3v) is 5.23. The number of para-hydroxylation sites is 2. The molecular weight excluding hydrogens is 368 g/mol. The van der Waals surface area contributed by atoms with Gasteiger partial charge in [-0.15, -0.1) is 0 Å². The number of nitrogens with one attached hydrogen (secondary N) is 1. The molecule has 0 saturated carbocycles. The molecule has 1 N–H and O–H groups in total. The van der Waals surface area contributed by atoms with Crippen molar-refractivity contribution in [2.24, 2.45) is 5.92 Å². The molecule has 1 saturated heterocycles. The van der Waals surface area contributed by atoms with Crippen molar-refractivity contribution >= 4 is 28.4 Å². The van der Waals surface area contributed by atoms with Gasteiger partial charge in [-0.05, 0) is 37.1 Å². The topological polar surface area (TPSA) is 84.3 Å². The average Bonchev–Trinajstić information content (AvgIpc) is 2.76. The Balaban J connectivity index is 1.45. The summed E-state index contributed by atoms with van der Waals surface area (Å²) in [5, 5.41) is 7.59. The van der Waals surface area contributed by atoms with E-state index in [0.717, 1.165) is 18.5 Å². The fraction of sp³-hybridized carbons (Fsp3) is 0.273. The van der Waals surface area contributed by atoms with Crippen molar-refractivity contribution in [3.63, 3.8) is 0 Å². The summed E-state index contributed by atoms with van der Waals surface area (Å²) in [6.07, 6.45) is 2.76. The summed E-state index contributed by atoms with van der Waals surface area (Å²) >= 11 is 0. The highest BCUT2D eigenvalue weighted by molar-refractivity contribution is 5.93. The lowest BCUT2D eigenvalue weighted by atomic mass is 9.97. The number of aromatic nitrogens is 2. The van der Waals surface area contributed by atoms with E-state index in [4.69, 9.17) is 0 Å². The van der Waals surface area contributed by atoms with Crippen LogP contribution in [-0.4, -0.2) is 39.6 Å². The number of amides is 2. The number of benzene rings is 2. The fourth-order valence-electron chi connectivity index (χ4n) is 3.70. The number of piperidine rings is 1. The van der Waals surface area contributed by atoms with Gasteiger partial charge in [0.25, 0.3) is 0 Å². The summed E-state index contributed by atoms with van der Waals surface area (Å²) in [4.78, 5) is 39.2. The Hall–Kier alpha value is -3.48. The van der Waals surface area contributed by atoms with Gasteiger partial charge >= 0.3 is 0 Å². The second-order valence-electron chi connectivity index (χ2n) is 7.22. The molecule has 0 spiro atoms. The molecule has 1 aliphatic heterocycles. The van der Waals surface area contributed by atoms with Crippen LogP contribution in [0.25, 0.3) is 10.9 Å². The van der Waals surface area contributed by atoms with Crippen LogP contribution in [0.1, 0.15) is 12.8 Å². The van der Waals surface area contributed by atoms with Crippen LogP contribution in [0, 0.1) is 5.92 Å². The van der Waals surface area contributed by atoms with Gasteiger partial charge in [-0.2, -0.15) is 5.10 Å². The third-order valence-electron chi connectivity index (χ3n) is 5.23. The van der Waals surface area contributed by atoms with Crippen molar-refractivity contribution in [2.75, 3.05) is 18.4 Å². The SMILES string of the molecule is O=C(Nc1ccccc1)C1CCCN(C(=O)Cn2ncc(=O)c3ccccc32)C1. The summed E-state index contributed by atoms with van der Waals surface area (Å²) < 4.78 is 1.55. The van der Waals surface area contributed by atoms with Crippen molar-refractivity contribution in [3.8, 4) is 0 Å². The minimum atomic E-state index is -0.244. The van der Waals surface area contributed by atoms with Gasteiger partial charge in [0.05, 0.1) is 17.6 Å². The average molecular weight is 390 g/mol. The zero-order chi connectivity index (χ0) is 20.2. The monoisotopic (exact) mass is 390 g/mol. The first kappa shape index (κ1) is 18.9. The summed E-state index contributed by atoms with van der Waals surface area (Å²) in [6.45, 7) is 1.04. The van der Waals surface area contributed by atoms with Gasteiger partial charge in [-0.3, -0.25) is 19.1 Å². The first-order chi connectivity index (χ1) is 14.1. The first-order valence-corrected chi connectivity index (χ1v) is 9.70. The quantitative estimate of drug-likeness (QED) is 0.741. The molecule has 1 atom stereocenters. The Morgan fingerprint density at radius 1 is 1.07 bits per heavy atom. The van der Waals surface area contributed by atoms with Crippen LogP contribution in [-0.2, 0) is 16.1 Å². The number of carbonyl (C=O) groups is 2. The summed E-state index contributed by atoms with van der Waals surface area (Å²) in [5.41, 5.74) is 1.22. The Kier molecular flexibility index (Phi) is 5.37. The van der Waals surface area contributed by atoms with Gasteiger partial charge in [0, 0.05) is 24.2 Å². The number of nitrogens with zero attached hydrogens (tertiary/aromatic N) is 3. The highest BCUT2D eigenvalue weighted by Gasteiger charge is 2.28. The third kappa shape index (κ3) is 4.18. The highest BCUT2D eigenvalue weighted by atomic mass is 16.2. The van der Waals surface area contributed by atoms with E-state index >= 15 is 0 Å². The van der Waals surface area contributed by atoms with E-state index in [1.165, 1.54) is 6.20 Å². The molecule has 7 nitrogen and oxygen atoms in total. The molecule has 4 rings (SSSR count). The van der Waals surface area contributed by atoms with E-state index in [9.17, 15) is 14.4 Å². The molecule has 2 heterocycles. The number of anilines is 1. The van der Waals surface area contributed by atoms with E-state index in [1.807, 2.05) is 36.4 Å². The fourth-order valence-corrected chi connectivity index (χ4v) is 3.70. The summed E-state index contributed by atoms with van der Waals surface area (Å²) in [6, 6.07) is 16.4. The Bertz CT molecular complexity index is 1090. The predicted octanol–water partition coefficient (Wildman–Crippen LogP) is 2.27. The zero-order valence-electron chi connectivity index (χ0n) is 16.0. The number of likely N-dealkylation sites (tertiary alicyclic amines) is 1. The lowest BCUT2D eigenvalue weighted by molar-refractivity contribution is -0.135. The molecule has 2 aromatic carbocycles.